The molecule has 0 radical (unpaired) electrons. The lowest BCUT2D eigenvalue weighted by molar-refractivity contribution is 0.249. The van der Waals surface area contributed by atoms with Gasteiger partial charge in [-0.3, -0.25) is 0 Å². The molecule has 1 aromatic carbocycles. The zero-order chi connectivity index (χ0) is 14.7. The van der Waals surface area contributed by atoms with E-state index in [0.29, 0.717) is 0 Å². The van der Waals surface area contributed by atoms with Crippen LogP contribution in [0.25, 0.3) is 0 Å². The maximum atomic E-state index is 9.36. The number of anilines is 1. The summed E-state index contributed by atoms with van der Waals surface area (Å²) in [6.45, 7) is 6.01. The van der Waals surface area contributed by atoms with Crippen molar-refractivity contribution in [3.05, 3.63) is 28.2 Å². The largest absolute Gasteiger partial charge is 0.370 e. The van der Waals surface area contributed by atoms with Crippen molar-refractivity contribution < 1.29 is 0 Å². The average Bonchev–Trinajstić information content (AvgIpc) is 3.01. The molecule has 0 amide bonds. The third-order valence-corrected chi connectivity index (χ3v) is 5.43. The van der Waals surface area contributed by atoms with Crippen LogP contribution in [0.3, 0.4) is 0 Å². The second-order valence-electron chi connectivity index (χ2n) is 6.18. The molecule has 0 atom stereocenters. The molecule has 0 saturated carbocycles. The summed E-state index contributed by atoms with van der Waals surface area (Å²) in [6, 6.07) is 8.38. The maximum Gasteiger partial charge on any atom is 0.103 e. The van der Waals surface area contributed by atoms with Gasteiger partial charge in [-0.2, -0.15) is 5.26 Å². The minimum absolute atomic E-state index is 0.774. The number of benzene rings is 1. The third-order valence-electron chi connectivity index (χ3n) is 4.77. The molecule has 2 aliphatic heterocycles. The number of halogens is 1. The van der Waals surface area contributed by atoms with Gasteiger partial charge in [0, 0.05) is 24.1 Å². The summed E-state index contributed by atoms with van der Waals surface area (Å²) in [6.07, 6.45) is 5.24. The van der Waals surface area contributed by atoms with Gasteiger partial charge in [-0.15, -0.1) is 0 Å². The number of likely N-dealkylation sites (tertiary alicyclic amines) is 1. The van der Waals surface area contributed by atoms with Crippen LogP contribution in [0.2, 0.25) is 0 Å². The summed E-state index contributed by atoms with van der Waals surface area (Å²) >= 11 is 3.49. The molecule has 2 fully saturated rings. The molecule has 2 aliphatic rings. The van der Waals surface area contributed by atoms with Crippen LogP contribution >= 0.6 is 15.9 Å². The number of hydrogen-bond acceptors (Lipinski definition) is 3. The molecule has 0 aliphatic carbocycles. The van der Waals surface area contributed by atoms with Crippen LogP contribution in [-0.2, 0) is 0 Å². The minimum atomic E-state index is 0.774. The molecule has 0 unspecified atom stereocenters. The number of hydrogen-bond donors (Lipinski definition) is 0. The van der Waals surface area contributed by atoms with Crippen LogP contribution in [0.5, 0.6) is 0 Å². The molecule has 0 bridgehead atoms. The quantitative estimate of drug-likeness (QED) is 0.836. The first kappa shape index (κ1) is 14.9. The predicted octanol–water partition coefficient (Wildman–Crippen LogP) is 3.63. The van der Waals surface area contributed by atoms with E-state index in [4.69, 9.17) is 0 Å². The van der Waals surface area contributed by atoms with E-state index in [2.05, 4.69) is 37.9 Å². The Bertz CT molecular complexity index is 523. The Morgan fingerprint density at radius 3 is 2.52 bits per heavy atom. The molecular weight excluding hydrogens is 326 g/mol. The second-order valence-corrected chi connectivity index (χ2v) is 7.04. The summed E-state index contributed by atoms with van der Waals surface area (Å²) in [5.41, 5.74) is 1.86. The summed E-state index contributed by atoms with van der Waals surface area (Å²) in [4.78, 5) is 5.00. The fraction of sp³-hybridized carbons (Fsp3) is 0.588. The number of nitriles is 1. The van der Waals surface area contributed by atoms with Crippen molar-refractivity contribution in [2.75, 3.05) is 37.6 Å². The predicted molar refractivity (Wildman–Crippen MR) is 89.5 cm³/mol. The minimum Gasteiger partial charge on any atom is -0.370 e. The van der Waals surface area contributed by atoms with Crippen molar-refractivity contribution in [1.29, 1.82) is 5.26 Å². The van der Waals surface area contributed by atoms with E-state index in [9.17, 15) is 5.26 Å². The molecule has 3 nitrogen and oxygen atoms in total. The molecule has 112 valence electrons. The molecule has 1 aromatic rings. The van der Waals surface area contributed by atoms with Gasteiger partial charge in [0.05, 0.1) is 11.3 Å². The first-order valence-corrected chi connectivity index (χ1v) is 8.73. The fourth-order valence-corrected chi connectivity index (χ4v) is 4.02. The zero-order valence-electron chi connectivity index (χ0n) is 12.4. The first-order chi connectivity index (χ1) is 10.3. The lowest BCUT2D eigenvalue weighted by atomic mass is 9.95. The number of piperidine rings is 1. The molecule has 4 heteroatoms. The second kappa shape index (κ2) is 6.81. The summed E-state index contributed by atoms with van der Waals surface area (Å²) in [5.74, 6) is 0.831. The highest BCUT2D eigenvalue weighted by atomic mass is 79.9. The Balaban J connectivity index is 1.61. The molecule has 21 heavy (non-hydrogen) atoms. The van der Waals surface area contributed by atoms with Gasteiger partial charge in [-0.05, 0) is 72.8 Å². The Morgan fingerprint density at radius 2 is 1.86 bits per heavy atom. The smallest absolute Gasteiger partial charge is 0.103 e. The van der Waals surface area contributed by atoms with Crippen LogP contribution in [0, 0.1) is 17.2 Å². The van der Waals surface area contributed by atoms with Gasteiger partial charge >= 0.3 is 0 Å². The lowest BCUT2D eigenvalue weighted by Gasteiger charge is -2.35. The highest BCUT2D eigenvalue weighted by Crippen LogP contribution is 2.30. The van der Waals surface area contributed by atoms with Crippen LogP contribution in [0.15, 0.2) is 22.7 Å². The average molecular weight is 348 g/mol. The highest BCUT2D eigenvalue weighted by molar-refractivity contribution is 9.10. The molecule has 0 spiro atoms. The monoisotopic (exact) mass is 347 g/mol. The highest BCUT2D eigenvalue weighted by Gasteiger charge is 2.24. The zero-order valence-corrected chi connectivity index (χ0v) is 14.0. The van der Waals surface area contributed by atoms with Crippen molar-refractivity contribution in [3.63, 3.8) is 0 Å². The van der Waals surface area contributed by atoms with Crippen molar-refractivity contribution in [2.45, 2.75) is 25.7 Å². The van der Waals surface area contributed by atoms with Crippen molar-refractivity contribution in [3.8, 4) is 6.07 Å². The van der Waals surface area contributed by atoms with Crippen molar-refractivity contribution in [2.24, 2.45) is 5.92 Å². The standard InChI is InChI=1S/C17H22BrN3/c18-16-4-3-5-17(15(16)12-19)21-10-6-14(7-11-21)13-20-8-1-2-9-20/h3-5,14H,1-2,6-11,13H2. The molecule has 0 N–H and O–H groups in total. The summed E-state index contributed by atoms with van der Waals surface area (Å²) in [7, 11) is 0. The van der Waals surface area contributed by atoms with Crippen molar-refractivity contribution in [1.82, 2.24) is 4.90 Å². The van der Waals surface area contributed by atoms with Gasteiger partial charge in [-0.1, -0.05) is 6.07 Å². The molecular formula is C17H22BrN3. The van der Waals surface area contributed by atoms with Gasteiger partial charge in [0.2, 0.25) is 0 Å². The van der Waals surface area contributed by atoms with Crippen LogP contribution in [-0.4, -0.2) is 37.6 Å². The molecule has 0 aromatic heterocycles. The first-order valence-electron chi connectivity index (χ1n) is 7.94. The normalized spacial score (nSPS) is 20.7. The van der Waals surface area contributed by atoms with Gasteiger partial charge in [0.15, 0.2) is 0 Å². The summed E-state index contributed by atoms with van der Waals surface area (Å²) < 4.78 is 0.904. The fourth-order valence-electron chi connectivity index (χ4n) is 3.57. The Labute approximate surface area is 135 Å². The van der Waals surface area contributed by atoms with Gasteiger partial charge in [0.25, 0.3) is 0 Å². The Morgan fingerprint density at radius 1 is 1.14 bits per heavy atom. The SMILES string of the molecule is N#Cc1c(Br)cccc1N1CCC(CN2CCCC2)CC1. The van der Waals surface area contributed by atoms with Gasteiger partial charge < -0.3 is 9.80 Å². The Kier molecular flexibility index (Phi) is 4.82. The Hall–Kier alpha value is -1.05. The third kappa shape index (κ3) is 3.41. The molecule has 2 saturated heterocycles. The van der Waals surface area contributed by atoms with E-state index in [1.807, 2.05) is 12.1 Å². The van der Waals surface area contributed by atoms with E-state index in [1.54, 1.807) is 0 Å². The van der Waals surface area contributed by atoms with E-state index in [1.165, 1.54) is 45.3 Å². The van der Waals surface area contributed by atoms with Crippen LogP contribution in [0.4, 0.5) is 5.69 Å². The molecule has 2 heterocycles. The number of nitrogens with zero attached hydrogens (tertiary/aromatic N) is 3. The maximum absolute atomic E-state index is 9.36. The van der Waals surface area contributed by atoms with E-state index in [0.717, 1.165) is 34.7 Å². The van der Waals surface area contributed by atoms with E-state index in [-0.39, 0.29) is 0 Å². The van der Waals surface area contributed by atoms with Crippen molar-refractivity contribution >= 4 is 21.6 Å². The summed E-state index contributed by atoms with van der Waals surface area (Å²) in [5, 5.41) is 9.36. The van der Waals surface area contributed by atoms with Crippen LogP contribution < -0.4 is 4.90 Å². The van der Waals surface area contributed by atoms with E-state index < -0.39 is 0 Å². The van der Waals surface area contributed by atoms with Crippen LogP contribution in [0.1, 0.15) is 31.2 Å². The van der Waals surface area contributed by atoms with Gasteiger partial charge in [-0.25, -0.2) is 0 Å². The van der Waals surface area contributed by atoms with E-state index >= 15 is 0 Å². The lowest BCUT2D eigenvalue weighted by Crippen LogP contribution is -2.38. The van der Waals surface area contributed by atoms with Gasteiger partial charge in [0.1, 0.15) is 6.07 Å². The topological polar surface area (TPSA) is 30.3 Å². The molecule has 3 rings (SSSR count). The number of rotatable bonds is 3.